The summed E-state index contributed by atoms with van der Waals surface area (Å²) in [4.78, 5) is 37.4. The first-order valence-electron chi connectivity index (χ1n) is 7.38. The van der Waals surface area contributed by atoms with Gasteiger partial charge in [-0.2, -0.15) is 0 Å². The predicted octanol–water partition coefficient (Wildman–Crippen LogP) is 2.73. The molecule has 0 unspecified atom stereocenters. The first kappa shape index (κ1) is 19.2. The third kappa shape index (κ3) is 5.39. The second kappa shape index (κ2) is 8.72. The van der Waals surface area contributed by atoms with Gasteiger partial charge in [0, 0.05) is 5.92 Å². The summed E-state index contributed by atoms with van der Waals surface area (Å²) in [6.07, 6.45) is 0. The minimum Gasteiger partial charge on any atom is -0.468 e. The minimum absolute atomic E-state index is 0.00177. The van der Waals surface area contributed by atoms with Crippen molar-refractivity contribution >= 4 is 34.4 Å². The molecule has 0 saturated heterocycles. The molecule has 0 atom stereocenters. The Bertz CT molecular complexity index is 578. The summed E-state index contributed by atoms with van der Waals surface area (Å²) in [7, 11) is 1.28. The van der Waals surface area contributed by atoms with E-state index in [1.807, 2.05) is 32.0 Å². The normalized spacial score (nSPS) is 10.5. The third-order valence-electron chi connectivity index (χ3n) is 3.33. The zero-order valence-corrected chi connectivity index (χ0v) is 15.0. The smallest absolute Gasteiger partial charge is 0.325 e. The largest absolute Gasteiger partial charge is 0.468 e. The van der Waals surface area contributed by atoms with E-state index >= 15 is 0 Å². The molecule has 1 aromatic rings. The highest BCUT2D eigenvalue weighted by molar-refractivity contribution is 8.14. The average molecular weight is 337 g/mol. The van der Waals surface area contributed by atoms with Gasteiger partial charge in [0.25, 0.3) is 0 Å². The maximum absolute atomic E-state index is 12.6. The van der Waals surface area contributed by atoms with Gasteiger partial charge in [-0.3, -0.25) is 19.3 Å². The molecule has 0 aliphatic rings. The van der Waals surface area contributed by atoms with Gasteiger partial charge >= 0.3 is 5.97 Å². The molecule has 0 saturated carbocycles. The molecule has 1 rings (SSSR count). The molecule has 126 valence electrons. The summed E-state index contributed by atoms with van der Waals surface area (Å²) < 4.78 is 4.69. The fourth-order valence-electron chi connectivity index (χ4n) is 2.09. The van der Waals surface area contributed by atoms with Gasteiger partial charge in [-0.25, -0.2) is 0 Å². The lowest BCUT2D eigenvalue weighted by Gasteiger charge is -2.25. The van der Waals surface area contributed by atoms with Crippen molar-refractivity contribution in [3.8, 4) is 0 Å². The van der Waals surface area contributed by atoms with Crippen LogP contribution in [0.1, 0.15) is 25.0 Å². The SMILES string of the molecule is COC(=O)CN(C(=O)CSC(=O)C(C)C)c1c(C)cccc1C. The van der Waals surface area contributed by atoms with Crippen LogP contribution in [0.25, 0.3) is 0 Å². The van der Waals surface area contributed by atoms with E-state index in [0.29, 0.717) is 5.69 Å². The van der Waals surface area contributed by atoms with Crippen molar-refractivity contribution in [2.45, 2.75) is 27.7 Å². The Hall–Kier alpha value is -1.82. The number of benzene rings is 1. The van der Waals surface area contributed by atoms with Gasteiger partial charge in [0.2, 0.25) is 5.91 Å². The number of hydrogen-bond acceptors (Lipinski definition) is 5. The summed E-state index contributed by atoms with van der Waals surface area (Å²) in [5, 5.41) is -0.0436. The van der Waals surface area contributed by atoms with Crippen LogP contribution >= 0.6 is 11.8 Å². The van der Waals surface area contributed by atoms with Gasteiger partial charge in [-0.1, -0.05) is 43.8 Å². The van der Waals surface area contributed by atoms with E-state index in [1.54, 1.807) is 13.8 Å². The number of hydrogen-bond donors (Lipinski definition) is 0. The predicted molar refractivity (Wildman–Crippen MR) is 92.6 cm³/mol. The molecule has 1 aromatic carbocycles. The van der Waals surface area contributed by atoms with E-state index in [-0.39, 0.29) is 29.2 Å². The van der Waals surface area contributed by atoms with Crippen molar-refractivity contribution in [1.82, 2.24) is 0 Å². The first-order valence-corrected chi connectivity index (χ1v) is 8.36. The molecule has 6 heteroatoms. The Kier molecular flexibility index (Phi) is 7.29. The van der Waals surface area contributed by atoms with Crippen LogP contribution in [0.4, 0.5) is 5.69 Å². The quantitative estimate of drug-likeness (QED) is 0.747. The number of methoxy groups -OCH3 is 1. The molecule has 0 aliphatic heterocycles. The molecule has 5 nitrogen and oxygen atoms in total. The molecule has 0 spiro atoms. The Morgan fingerprint density at radius 3 is 2.22 bits per heavy atom. The van der Waals surface area contributed by atoms with Crippen LogP contribution in [0.5, 0.6) is 0 Å². The van der Waals surface area contributed by atoms with Gasteiger partial charge in [-0.15, -0.1) is 0 Å². The average Bonchev–Trinajstić information content (AvgIpc) is 2.50. The van der Waals surface area contributed by atoms with Gasteiger partial charge in [-0.05, 0) is 25.0 Å². The summed E-state index contributed by atoms with van der Waals surface area (Å²) in [6, 6.07) is 5.66. The van der Waals surface area contributed by atoms with E-state index in [2.05, 4.69) is 4.74 Å². The van der Waals surface area contributed by atoms with E-state index in [0.717, 1.165) is 22.9 Å². The molecule has 0 bridgehead atoms. The number of rotatable bonds is 6. The number of para-hydroxylation sites is 1. The lowest BCUT2D eigenvalue weighted by molar-refractivity contribution is -0.139. The molecular formula is C17H23NO4S. The van der Waals surface area contributed by atoms with E-state index < -0.39 is 5.97 Å². The summed E-state index contributed by atoms with van der Waals surface area (Å²) in [5.41, 5.74) is 2.48. The number of esters is 1. The second-order valence-electron chi connectivity index (χ2n) is 5.56. The van der Waals surface area contributed by atoms with Crippen molar-refractivity contribution in [3.05, 3.63) is 29.3 Å². The Balaban J connectivity index is 3.03. The van der Waals surface area contributed by atoms with Crippen LogP contribution in [0.2, 0.25) is 0 Å². The lowest BCUT2D eigenvalue weighted by Crippen LogP contribution is -2.38. The zero-order chi connectivity index (χ0) is 17.6. The number of anilines is 1. The summed E-state index contributed by atoms with van der Waals surface area (Å²) in [6.45, 7) is 7.17. The van der Waals surface area contributed by atoms with Crippen LogP contribution in [0.3, 0.4) is 0 Å². The molecule has 0 N–H and O–H groups in total. The van der Waals surface area contributed by atoms with Crippen LogP contribution < -0.4 is 4.90 Å². The number of thioether (sulfide) groups is 1. The fraction of sp³-hybridized carbons (Fsp3) is 0.471. The third-order valence-corrected chi connectivity index (χ3v) is 4.48. The maximum atomic E-state index is 12.6. The Morgan fingerprint density at radius 1 is 1.17 bits per heavy atom. The van der Waals surface area contributed by atoms with Crippen molar-refractivity contribution in [3.63, 3.8) is 0 Å². The number of aryl methyl sites for hydroxylation is 2. The molecule has 0 aromatic heterocycles. The number of ether oxygens (including phenoxy) is 1. The highest BCUT2D eigenvalue weighted by Gasteiger charge is 2.23. The molecule has 1 amide bonds. The van der Waals surface area contributed by atoms with Crippen molar-refractivity contribution in [1.29, 1.82) is 0 Å². The molecular weight excluding hydrogens is 314 g/mol. The van der Waals surface area contributed by atoms with Gasteiger partial charge in [0.1, 0.15) is 6.54 Å². The van der Waals surface area contributed by atoms with Crippen molar-refractivity contribution in [2.75, 3.05) is 24.3 Å². The topological polar surface area (TPSA) is 63.7 Å². The molecule has 0 aliphatic carbocycles. The van der Waals surface area contributed by atoms with Crippen LogP contribution in [0.15, 0.2) is 18.2 Å². The fourth-order valence-corrected chi connectivity index (χ4v) is 2.85. The van der Waals surface area contributed by atoms with E-state index in [1.165, 1.54) is 12.0 Å². The lowest BCUT2D eigenvalue weighted by atomic mass is 10.1. The van der Waals surface area contributed by atoms with Crippen LogP contribution in [-0.2, 0) is 19.1 Å². The van der Waals surface area contributed by atoms with Crippen molar-refractivity contribution in [2.24, 2.45) is 5.92 Å². The van der Waals surface area contributed by atoms with Gasteiger partial charge in [0.15, 0.2) is 5.12 Å². The van der Waals surface area contributed by atoms with Crippen molar-refractivity contribution < 1.29 is 19.1 Å². The van der Waals surface area contributed by atoms with Gasteiger partial charge < -0.3 is 4.74 Å². The van der Waals surface area contributed by atoms with E-state index in [9.17, 15) is 14.4 Å². The standard InChI is InChI=1S/C17H23NO4S/c1-11(2)17(21)23-10-14(19)18(9-15(20)22-5)16-12(3)7-6-8-13(16)4/h6-8,11H,9-10H2,1-5H3. The second-order valence-corrected chi connectivity index (χ2v) is 6.54. The zero-order valence-electron chi connectivity index (χ0n) is 14.2. The van der Waals surface area contributed by atoms with E-state index in [4.69, 9.17) is 0 Å². The summed E-state index contributed by atoms with van der Waals surface area (Å²) >= 11 is 0.980. The number of carbonyl (C=O) groups is 3. The van der Waals surface area contributed by atoms with Crippen LogP contribution in [-0.4, -0.2) is 36.4 Å². The minimum atomic E-state index is -0.499. The number of nitrogens with zero attached hydrogens (tertiary/aromatic N) is 1. The number of amides is 1. The maximum Gasteiger partial charge on any atom is 0.325 e. The van der Waals surface area contributed by atoms with Gasteiger partial charge in [0.05, 0.1) is 18.6 Å². The highest BCUT2D eigenvalue weighted by Crippen LogP contribution is 2.25. The first-order chi connectivity index (χ1) is 10.8. The Morgan fingerprint density at radius 2 is 1.74 bits per heavy atom. The molecule has 0 heterocycles. The summed E-state index contributed by atoms with van der Waals surface area (Å²) in [5.74, 6) is -0.919. The highest BCUT2D eigenvalue weighted by atomic mass is 32.2. The molecule has 0 fully saturated rings. The Labute approximate surface area is 141 Å². The molecule has 23 heavy (non-hydrogen) atoms. The van der Waals surface area contributed by atoms with Crippen LogP contribution in [0, 0.1) is 19.8 Å². The molecule has 0 radical (unpaired) electrons. The number of carbonyl (C=O) groups excluding carboxylic acids is 3. The monoisotopic (exact) mass is 337 g/mol.